The van der Waals surface area contributed by atoms with Crippen molar-refractivity contribution in [1.29, 1.82) is 0 Å². The van der Waals surface area contributed by atoms with E-state index in [1.807, 2.05) is 26.0 Å². The Labute approximate surface area is 72.6 Å². The molecule has 0 fully saturated rings. The van der Waals surface area contributed by atoms with Crippen LogP contribution in [0.5, 0.6) is 5.88 Å². The van der Waals surface area contributed by atoms with Crippen LogP contribution >= 0.6 is 0 Å². The van der Waals surface area contributed by atoms with Gasteiger partial charge in [-0.1, -0.05) is 0 Å². The van der Waals surface area contributed by atoms with E-state index in [1.165, 1.54) is 0 Å². The van der Waals surface area contributed by atoms with Gasteiger partial charge in [-0.2, -0.15) is 0 Å². The molecule has 66 valence electrons. The average Bonchev–Trinajstić information content (AvgIpc) is 2.03. The molecule has 0 aliphatic rings. The van der Waals surface area contributed by atoms with Gasteiger partial charge in [0, 0.05) is 17.8 Å². The number of hydrogen-bond acceptors (Lipinski definition) is 3. The van der Waals surface area contributed by atoms with Crippen LogP contribution in [0.2, 0.25) is 0 Å². The summed E-state index contributed by atoms with van der Waals surface area (Å²) in [6.45, 7) is 3.89. The molecule has 0 spiro atoms. The molecule has 0 aliphatic carbocycles. The van der Waals surface area contributed by atoms with Crippen LogP contribution in [-0.4, -0.2) is 12.1 Å². The van der Waals surface area contributed by atoms with E-state index < -0.39 is 0 Å². The minimum absolute atomic E-state index is 0.337. The summed E-state index contributed by atoms with van der Waals surface area (Å²) in [6, 6.07) is 3.74. The molecule has 12 heavy (non-hydrogen) atoms. The van der Waals surface area contributed by atoms with Gasteiger partial charge in [0.05, 0.1) is 7.11 Å². The van der Waals surface area contributed by atoms with Gasteiger partial charge >= 0.3 is 0 Å². The average molecular weight is 166 g/mol. The zero-order chi connectivity index (χ0) is 9.19. The second-order valence-electron chi connectivity index (χ2n) is 3.31. The fraction of sp³-hybridized carbons (Fsp3) is 0.444. The normalized spacial score (nSPS) is 11.3. The van der Waals surface area contributed by atoms with Gasteiger partial charge in [-0.25, -0.2) is 4.98 Å². The highest BCUT2D eigenvalue weighted by atomic mass is 16.5. The summed E-state index contributed by atoms with van der Waals surface area (Å²) in [5.41, 5.74) is 6.58. The summed E-state index contributed by atoms with van der Waals surface area (Å²) in [5.74, 6) is 0.603. The van der Waals surface area contributed by atoms with Crippen molar-refractivity contribution < 1.29 is 4.74 Å². The second kappa shape index (κ2) is 3.11. The number of pyridine rings is 1. The van der Waals surface area contributed by atoms with Crippen LogP contribution in [0.25, 0.3) is 0 Å². The predicted octanol–water partition coefficient (Wildman–Crippen LogP) is 1.28. The molecule has 1 aromatic heterocycles. The zero-order valence-electron chi connectivity index (χ0n) is 7.66. The molecular formula is C9H14N2O. The SMILES string of the molecule is COc1cc(C(C)(C)N)ccn1. The van der Waals surface area contributed by atoms with Gasteiger partial charge in [0.15, 0.2) is 0 Å². The van der Waals surface area contributed by atoms with Crippen LogP contribution in [0.4, 0.5) is 0 Å². The molecular weight excluding hydrogens is 152 g/mol. The van der Waals surface area contributed by atoms with E-state index in [0.717, 1.165) is 5.56 Å². The van der Waals surface area contributed by atoms with E-state index >= 15 is 0 Å². The van der Waals surface area contributed by atoms with Crippen molar-refractivity contribution in [1.82, 2.24) is 4.98 Å². The van der Waals surface area contributed by atoms with Crippen molar-refractivity contribution in [2.24, 2.45) is 5.73 Å². The third kappa shape index (κ3) is 1.95. The summed E-state index contributed by atoms with van der Waals surface area (Å²) >= 11 is 0. The Morgan fingerprint density at radius 3 is 2.67 bits per heavy atom. The highest BCUT2D eigenvalue weighted by Gasteiger charge is 2.14. The molecule has 0 amide bonds. The number of hydrogen-bond donors (Lipinski definition) is 1. The van der Waals surface area contributed by atoms with Gasteiger partial charge in [0.2, 0.25) is 5.88 Å². The molecule has 0 atom stereocenters. The smallest absolute Gasteiger partial charge is 0.213 e. The van der Waals surface area contributed by atoms with E-state index in [9.17, 15) is 0 Å². The van der Waals surface area contributed by atoms with Crippen LogP contribution < -0.4 is 10.5 Å². The van der Waals surface area contributed by atoms with Crippen molar-refractivity contribution in [3.8, 4) is 5.88 Å². The van der Waals surface area contributed by atoms with Crippen molar-refractivity contribution >= 4 is 0 Å². The van der Waals surface area contributed by atoms with Crippen LogP contribution in [0.15, 0.2) is 18.3 Å². The molecule has 1 heterocycles. The monoisotopic (exact) mass is 166 g/mol. The summed E-state index contributed by atoms with van der Waals surface area (Å²) in [5, 5.41) is 0. The molecule has 0 saturated heterocycles. The van der Waals surface area contributed by atoms with Gasteiger partial charge in [-0.3, -0.25) is 0 Å². The minimum atomic E-state index is -0.337. The standard InChI is InChI=1S/C9H14N2O/c1-9(2,10)7-4-5-11-8(6-7)12-3/h4-6H,10H2,1-3H3. The first-order chi connectivity index (χ1) is 5.54. The molecule has 2 N–H and O–H groups in total. The van der Waals surface area contributed by atoms with Gasteiger partial charge in [-0.15, -0.1) is 0 Å². The molecule has 0 aliphatic heterocycles. The summed E-state index contributed by atoms with van der Waals surface area (Å²) < 4.78 is 4.98. The maximum absolute atomic E-state index is 5.90. The number of aromatic nitrogens is 1. The Balaban J connectivity index is 3.02. The van der Waals surface area contributed by atoms with E-state index in [1.54, 1.807) is 13.3 Å². The summed E-state index contributed by atoms with van der Waals surface area (Å²) in [4.78, 5) is 3.99. The van der Waals surface area contributed by atoms with Crippen molar-refractivity contribution in [2.45, 2.75) is 19.4 Å². The second-order valence-corrected chi connectivity index (χ2v) is 3.31. The van der Waals surface area contributed by atoms with E-state index in [0.29, 0.717) is 5.88 Å². The van der Waals surface area contributed by atoms with Crippen molar-refractivity contribution in [3.05, 3.63) is 23.9 Å². The molecule has 1 aromatic rings. The molecule has 0 radical (unpaired) electrons. The molecule has 0 unspecified atom stereocenters. The Morgan fingerprint density at radius 1 is 1.50 bits per heavy atom. The highest BCUT2D eigenvalue weighted by molar-refractivity contribution is 5.25. The van der Waals surface area contributed by atoms with Gasteiger partial charge in [0.1, 0.15) is 0 Å². The first-order valence-corrected chi connectivity index (χ1v) is 3.83. The summed E-state index contributed by atoms with van der Waals surface area (Å²) in [7, 11) is 1.59. The van der Waals surface area contributed by atoms with Gasteiger partial charge < -0.3 is 10.5 Å². The predicted molar refractivity (Wildman–Crippen MR) is 48.0 cm³/mol. The van der Waals surface area contributed by atoms with E-state index in [2.05, 4.69) is 4.98 Å². The minimum Gasteiger partial charge on any atom is -0.481 e. The lowest BCUT2D eigenvalue weighted by atomic mass is 9.97. The quantitative estimate of drug-likeness (QED) is 0.720. The summed E-state index contributed by atoms with van der Waals surface area (Å²) in [6.07, 6.45) is 1.70. The fourth-order valence-corrected chi connectivity index (χ4v) is 0.922. The van der Waals surface area contributed by atoms with E-state index in [4.69, 9.17) is 10.5 Å². The molecule has 1 rings (SSSR count). The topological polar surface area (TPSA) is 48.1 Å². The van der Waals surface area contributed by atoms with Crippen LogP contribution in [0.1, 0.15) is 19.4 Å². The maximum atomic E-state index is 5.90. The Bertz CT molecular complexity index is 265. The van der Waals surface area contributed by atoms with Crippen molar-refractivity contribution in [2.75, 3.05) is 7.11 Å². The van der Waals surface area contributed by atoms with Gasteiger partial charge in [-0.05, 0) is 25.5 Å². The Morgan fingerprint density at radius 2 is 2.17 bits per heavy atom. The lowest BCUT2D eigenvalue weighted by Gasteiger charge is -2.18. The Kier molecular flexibility index (Phi) is 2.33. The molecule has 0 bridgehead atoms. The van der Waals surface area contributed by atoms with Crippen molar-refractivity contribution in [3.63, 3.8) is 0 Å². The third-order valence-corrected chi connectivity index (χ3v) is 1.69. The Hall–Kier alpha value is -1.09. The molecule has 0 aromatic carbocycles. The van der Waals surface area contributed by atoms with Crippen LogP contribution in [0, 0.1) is 0 Å². The van der Waals surface area contributed by atoms with E-state index in [-0.39, 0.29) is 5.54 Å². The largest absolute Gasteiger partial charge is 0.481 e. The number of nitrogens with zero attached hydrogens (tertiary/aromatic N) is 1. The number of rotatable bonds is 2. The number of methoxy groups -OCH3 is 1. The first-order valence-electron chi connectivity index (χ1n) is 3.83. The van der Waals surface area contributed by atoms with Crippen LogP contribution in [-0.2, 0) is 5.54 Å². The first kappa shape index (κ1) is 9.00. The number of ether oxygens (including phenoxy) is 1. The molecule has 3 nitrogen and oxygen atoms in total. The molecule has 0 saturated carbocycles. The lowest BCUT2D eigenvalue weighted by molar-refractivity contribution is 0.395. The lowest BCUT2D eigenvalue weighted by Crippen LogP contribution is -2.28. The zero-order valence-corrected chi connectivity index (χ0v) is 7.66. The van der Waals surface area contributed by atoms with Crippen LogP contribution in [0.3, 0.4) is 0 Å². The third-order valence-electron chi connectivity index (χ3n) is 1.69. The highest BCUT2D eigenvalue weighted by Crippen LogP contribution is 2.19. The van der Waals surface area contributed by atoms with Gasteiger partial charge in [0.25, 0.3) is 0 Å². The maximum Gasteiger partial charge on any atom is 0.213 e. The fourth-order valence-electron chi connectivity index (χ4n) is 0.922. The number of nitrogens with two attached hydrogens (primary N) is 1. The molecule has 3 heteroatoms.